The summed E-state index contributed by atoms with van der Waals surface area (Å²) in [4.78, 5) is 64.9. The fourth-order valence-electron chi connectivity index (χ4n) is 4.71. The van der Waals surface area contributed by atoms with E-state index in [-0.39, 0.29) is 27.4 Å². The van der Waals surface area contributed by atoms with Crippen molar-refractivity contribution in [2.45, 2.75) is 37.5 Å². The number of nitrogens with zero attached hydrogens (tertiary/aromatic N) is 6. The summed E-state index contributed by atoms with van der Waals surface area (Å²) >= 11 is 8.43. The molecule has 1 saturated heterocycles. The molecule has 0 radical (unpaired) electrons. The maximum atomic E-state index is 13.3. The number of aromatic nitrogens is 4. The summed E-state index contributed by atoms with van der Waals surface area (Å²) in [6, 6.07) is 2.76. The van der Waals surface area contributed by atoms with E-state index in [2.05, 4.69) is 25.8 Å². The third kappa shape index (κ3) is 5.80. The lowest BCUT2D eigenvalue weighted by atomic mass is 10.0. The second kappa shape index (κ2) is 12.8. The van der Waals surface area contributed by atoms with E-state index in [0.717, 1.165) is 16.9 Å². The smallest absolute Gasteiger partial charge is 0.351 e. The molecular weight excluding hydrogens is 636 g/mol. The molecule has 3 aromatic heterocycles. The van der Waals surface area contributed by atoms with Crippen molar-refractivity contribution in [1.82, 2.24) is 30.1 Å². The van der Waals surface area contributed by atoms with Crippen molar-refractivity contribution in [3.8, 4) is 0 Å². The minimum Gasteiger partial charge on any atom is -0.478 e. The summed E-state index contributed by atoms with van der Waals surface area (Å²) in [5.74, 6) is -1.96. The Kier molecular flexibility index (Phi) is 9.05. The zero-order valence-electron chi connectivity index (χ0n) is 23.4. The third-order valence-corrected chi connectivity index (χ3v) is 9.36. The van der Waals surface area contributed by atoms with Crippen LogP contribution in [0.1, 0.15) is 12.6 Å². The second-order valence-corrected chi connectivity index (χ2v) is 12.5. The Morgan fingerprint density at radius 3 is 2.82 bits per heavy atom. The average Bonchev–Trinajstić information content (AvgIpc) is 3.51. The van der Waals surface area contributed by atoms with E-state index >= 15 is 0 Å². The second-order valence-electron chi connectivity index (χ2n) is 9.74. The van der Waals surface area contributed by atoms with E-state index in [1.54, 1.807) is 0 Å². The number of anilines is 2. The molecule has 232 valence electrons. The number of nitrogen functional groups attached to an aromatic ring is 2. The van der Waals surface area contributed by atoms with Gasteiger partial charge in [0.1, 0.15) is 33.5 Å². The van der Waals surface area contributed by atoms with Gasteiger partial charge in [0.05, 0.1) is 11.9 Å². The standard InChI is InChI=1S/C25H27ClN10O6S2/c1-11(23(40)41)42-33-16(15-18(26)44-25(28)31-15)20(38)30-17-21(39)36-14(9-37)12(10-43-22(17)36)8-34-6-3-4-13-19(34)32-24(27)35(13)7-5-29-2/h3-4,6,9,11,17,22,27,29H,5,7-8,10H2,1-2H3,(H4,28,30,31,38,40,41)/p+1/b33-16-/t11-,17?,22?/m0/s1. The SMILES string of the molecule is CNCCn1c(N)nc2c1ccc[n+]2CC1=C(C=O)N2C(=O)C(NC(=O)/C(=N\O[C@@H](C)C(=O)O)c3nc(N)sc3Cl)C2SC1. The van der Waals surface area contributed by atoms with Crippen LogP contribution < -0.4 is 26.7 Å². The van der Waals surface area contributed by atoms with Gasteiger partial charge in [-0.1, -0.05) is 28.1 Å². The summed E-state index contributed by atoms with van der Waals surface area (Å²) in [5, 5.41) is 17.9. The largest absolute Gasteiger partial charge is 0.478 e. The Morgan fingerprint density at radius 2 is 2.16 bits per heavy atom. The molecule has 2 unspecified atom stereocenters. The molecule has 3 aromatic rings. The topological polar surface area (TPSA) is 224 Å². The normalized spacial score (nSPS) is 19.0. The fraction of sp³-hybridized carbons (Fsp3) is 0.360. The zero-order valence-corrected chi connectivity index (χ0v) is 25.8. The molecule has 0 saturated carbocycles. The molecule has 1 fully saturated rings. The van der Waals surface area contributed by atoms with E-state index in [1.165, 1.54) is 23.6 Å². The molecule has 44 heavy (non-hydrogen) atoms. The van der Waals surface area contributed by atoms with Crippen molar-refractivity contribution in [1.29, 1.82) is 0 Å². The van der Waals surface area contributed by atoms with Crippen LogP contribution in [0.4, 0.5) is 11.1 Å². The number of rotatable bonds is 12. The van der Waals surface area contributed by atoms with Crippen LogP contribution in [-0.4, -0.2) is 91.2 Å². The lowest BCUT2D eigenvalue weighted by molar-refractivity contribution is -0.664. The zero-order chi connectivity index (χ0) is 31.7. The minimum absolute atomic E-state index is 0.0218. The molecule has 5 rings (SSSR count). The molecular formula is C25H28ClN10O6S2+. The number of amides is 2. The van der Waals surface area contributed by atoms with Crippen LogP contribution in [0, 0.1) is 0 Å². The number of aldehydes is 1. The number of carbonyl (C=O) groups excluding carboxylic acids is 3. The number of hydrogen-bond donors (Lipinski definition) is 5. The number of likely N-dealkylation sites (N-methyl/N-ethyl adjacent to an activating group) is 1. The van der Waals surface area contributed by atoms with Gasteiger partial charge in [0.15, 0.2) is 17.1 Å². The van der Waals surface area contributed by atoms with Crippen LogP contribution in [0.3, 0.4) is 0 Å². The number of carboxylic acids is 1. The van der Waals surface area contributed by atoms with Gasteiger partial charge < -0.3 is 32.0 Å². The first-order valence-electron chi connectivity index (χ1n) is 13.2. The Hall–Kier alpha value is -4.26. The van der Waals surface area contributed by atoms with Gasteiger partial charge in [-0.05, 0) is 31.1 Å². The summed E-state index contributed by atoms with van der Waals surface area (Å²) in [6.45, 7) is 2.83. The first-order chi connectivity index (χ1) is 21.0. The van der Waals surface area contributed by atoms with Gasteiger partial charge >= 0.3 is 17.6 Å². The highest BCUT2D eigenvalue weighted by Gasteiger charge is 2.53. The van der Waals surface area contributed by atoms with Crippen molar-refractivity contribution in [3.05, 3.63) is 39.6 Å². The number of imidazole rings is 1. The van der Waals surface area contributed by atoms with E-state index in [4.69, 9.17) is 33.0 Å². The number of thiazole rings is 1. The molecule has 2 aliphatic rings. The van der Waals surface area contributed by atoms with Gasteiger partial charge in [-0.15, -0.1) is 11.8 Å². The van der Waals surface area contributed by atoms with Crippen molar-refractivity contribution in [2.24, 2.45) is 5.16 Å². The first-order valence-corrected chi connectivity index (χ1v) is 15.4. The molecule has 7 N–H and O–H groups in total. The molecule has 0 aliphatic carbocycles. The number of pyridine rings is 1. The molecule has 16 nitrogen and oxygen atoms in total. The van der Waals surface area contributed by atoms with Crippen LogP contribution in [0.25, 0.3) is 11.2 Å². The number of aliphatic carboxylic acids is 1. The Morgan fingerprint density at radius 1 is 1.39 bits per heavy atom. The monoisotopic (exact) mass is 663 g/mol. The Labute approximate surface area is 263 Å². The minimum atomic E-state index is -1.39. The lowest BCUT2D eigenvalue weighted by Crippen LogP contribution is -2.70. The molecule has 0 bridgehead atoms. The average molecular weight is 664 g/mol. The quantitative estimate of drug-likeness (QED) is 0.0547. The van der Waals surface area contributed by atoms with Crippen molar-refractivity contribution < 1.29 is 33.7 Å². The first kappa shape index (κ1) is 31.2. The number of nitrogens with one attached hydrogen (secondary N) is 2. The van der Waals surface area contributed by atoms with Gasteiger partial charge in [0, 0.05) is 24.4 Å². The predicted molar refractivity (Wildman–Crippen MR) is 163 cm³/mol. The number of carboxylic acid groups (broad SMARTS) is 1. The number of β-lactam (4-membered cyclic amide) rings is 1. The van der Waals surface area contributed by atoms with Crippen LogP contribution in [0.2, 0.25) is 4.34 Å². The Bertz CT molecular complexity index is 1720. The molecule has 2 aliphatic heterocycles. The number of nitrogens with two attached hydrogens (primary N) is 2. The van der Waals surface area contributed by atoms with Crippen molar-refractivity contribution in [2.75, 3.05) is 30.8 Å². The summed E-state index contributed by atoms with van der Waals surface area (Å²) in [5.41, 5.74) is 13.7. The fourth-order valence-corrected chi connectivity index (χ4v) is 6.99. The molecule has 3 atom stereocenters. The number of thioether (sulfide) groups is 1. The van der Waals surface area contributed by atoms with Gasteiger partial charge in [-0.25, -0.2) is 14.3 Å². The number of carbonyl (C=O) groups is 4. The molecule has 5 heterocycles. The molecule has 0 aromatic carbocycles. The number of allylic oxidation sites excluding steroid dienone is 1. The van der Waals surface area contributed by atoms with E-state index in [9.17, 15) is 19.2 Å². The van der Waals surface area contributed by atoms with Crippen molar-refractivity contribution in [3.63, 3.8) is 0 Å². The highest BCUT2D eigenvalue weighted by Crippen LogP contribution is 2.40. The third-order valence-electron chi connectivity index (χ3n) is 6.94. The maximum Gasteiger partial charge on any atom is 0.351 e. The van der Waals surface area contributed by atoms with Crippen LogP contribution in [0.15, 0.2) is 34.8 Å². The summed E-state index contributed by atoms with van der Waals surface area (Å²) in [7, 11) is 1.85. The molecule has 0 spiro atoms. The summed E-state index contributed by atoms with van der Waals surface area (Å²) in [6.07, 6.45) is 1.07. The van der Waals surface area contributed by atoms with Crippen LogP contribution in [-0.2, 0) is 37.1 Å². The van der Waals surface area contributed by atoms with Gasteiger partial charge in [0.25, 0.3) is 11.8 Å². The number of oxime groups is 1. The van der Waals surface area contributed by atoms with Crippen LogP contribution in [0.5, 0.6) is 0 Å². The molecule has 2 amide bonds. The van der Waals surface area contributed by atoms with Crippen molar-refractivity contribution >= 4 is 86.7 Å². The molecule has 19 heteroatoms. The highest BCUT2D eigenvalue weighted by atomic mass is 35.5. The Balaban J connectivity index is 1.36. The van der Waals surface area contributed by atoms with Crippen LogP contribution >= 0.6 is 34.7 Å². The number of hydrogen-bond acceptors (Lipinski definition) is 13. The van der Waals surface area contributed by atoms with Gasteiger partial charge in [-0.2, -0.15) is 0 Å². The highest BCUT2D eigenvalue weighted by molar-refractivity contribution is 8.00. The summed E-state index contributed by atoms with van der Waals surface area (Å²) < 4.78 is 3.79. The van der Waals surface area contributed by atoms with Gasteiger partial charge in [0.2, 0.25) is 6.10 Å². The lowest BCUT2D eigenvalue weighted by Gasteiger charge is -2.49. The number of halogens is 1. The predicted octanol–water partition coefficient (Wildman–Crippen LogP) is -0.436. The maximum absolute atomic E-state index is 13.3. The van der Waals surface area contributed by atoms with E-state index in [1.807, 2.05) is 34.5 Å². The van der Waals surface area contributed by atoms with Gasteiger partial charge in [-0.3, -0.25) is 23.9 Å². The van der Waals surface area contributed by atoms with E-state index in [0.29, 0.717) is 42.3 Å². The number of fused-ring (bicyclic) bond motifs is 2. The van der Waals surface area contributed by atoms with E-state index < -0.39 is 41.0 Å².